The molecular formula is C18H20ClN3O2. The zero-order valence-corrected chi connectivity index (χ0v) is 15.2. The van der Waals surface area contributed by atoms with E-state index < -0.39 is 0 Å². The minimum absolute atomic E-state index is 0.186. The predicted molar refractivity (Wildman–Crippen MR) is 98.1 cm³/mol. The van der Waals surface area contributed by atoms with Gasteiger partial charge in [0.15, 0.2) is 0 Å². The quantitative estimate of drug-likeness (QED) is 0.855. The Morgan fingerprint density at radius 3 is 2.46 bits per heavy atom. The van der Waals surface area contributed by atoms with Gasteiger partial charge in [-0.3, -0.25) is 9.59 Å². The number of benzene rings is 1. The Balaban J connectivity index is 2.48. The predicted octanol–water partition coefficient (Wildman–Crippen LogP) is 3.25. The molecule has 0 spiro atoms. The van der Waals surface area contributed by atoms with Crippen molar-refractivity contribution in [1.82, 2.24) is 5.32 Å². The van der Waals surface area contributed by atoms with Crippen LogP contribution in [0, 0.1) is 6.92 Å². The Labute approximate surface area is 146 Å². The van der Waals surface area contributed by atoms with Crippen LogP contribution in [0.25, 0.3) is 0 Å². The molecule has 0 unspecified atom stereocenters. The molecule has 0 bridgehead atoms. The van der Waals surface area contributed by atoms with E-state index in [1.807, 2.05) is 44.1 Å². The molecule has 1 aliphatic rings. The highest BCUT2D eigenvalue weighted by Crippen LogP contribution is 2.28. The Morgan fingerprint density at radius 1 is 1.25 bits per heavy atom. The Bertz CT molecular complexity index is 804. The van der Waals surface area contributed by atoms with Crippen molar-refractivity contribution in [3.8, 4) is 0 Å². The zero-order valence-electron chi connectivity index (χ0n) is 14.4. The van der Waals surface area contributed by atoms with Gasteiger partial charge in [-0.2, -0.15) is 0 Å². The lowest BCUT2D eigenvalue weighted by Crippen LogP contribution is -2.29. The summed E-state index contributed by atoms with van der Waals surface area (Å²) in [6.07, 6.45) is 1.51. The Morgan fingerprint density at radius 2 is 1.92 bits per heavy atom. The number of anilines is 1. The van der Waals surface area contributed by atoms with E-state index in [0.717, 1.165) is 16.9 Å². The lowest BCUT2D eigenvalue weighted by Gasteiger charge is -2.17. The third kappa shape index (κ3) is 3.74. The first-order valence-electron chi connectivity index (χ1n) is 7.48. The number of aryl methyl sites for hydroxylation is 1. The molecule has 0 aliphatic heterocycles. The normalized spacial score (nSPS) is 16.3. The van der Waals surface area contributed by atoms with Crippen molar-refractivity contribution in [2.24, 2.45) is 4.99 Å². The number of rotatable bonds is 3. The number of allylic oxidation sites excluding steroid dienone is 3. The van der Waals surface area contributed by atoms with E-state index in [4.69, 9.17) is 11.6 Å². The van der Waals surface area contributed by atoms with Gasteiger partial charge >= 0.3 is 0 Å². The molecule has 6 heteroatoms. The third-order valence-electron chi connectivity index (χ3n) is 3.67. The number of carbonyl (C=O) groups excluding carboxylic acids is 2. The molecule has 2 rings (SSSR count). The molecule has 5 nitrogen and oxygen atoms in total. The van der Waals surface area contributed by atoms with Crippen molar-refractivity contribution in [2.75, 3.05) is 19.0 Å². The molecule has 1 aliphatic carbocycles. The van der Waals surface area contributed by atoms with Gasteiger partial charge in [0.05, 0.1) is 22.1 Å². The van der Waals surface area contributed by atoms with Crippen LogP contribution in [0.2, 0.25) is 0 Å². The van der Waals surface area contributed by atoms with Gasteiger partial charge in [-0.1, -0.05) is 11.6 Å². The molecule has 1 amide bonds. The number of Topliss-reactive ketones (excluding diaryl/α,β-unsaturated/α-hetero) is 1. The lowest BCUT2D eigenvalue weighted by atomic mass is 10.0. The van der Waals surface area contributed by atoms with Gasteiger partial charge in [0, 0.05) is 32.3 Å². The number of hydrogen-bond donors (Lipinski definition) is 1. The fraction of sp³-hybridized carbons (Fsp3) is 0.278. The van der Waals surface area contributed by atoms with Gasteiger partial charge in [-0.15, -0.1) is 0 Å². The summed E-state index contributed by atoms with van der Waals surface area (Å²) in [4.78, 5) is 30.0. The minimum atomic E-state index is -0.314. The molecular weight excluding hydrogens is 326 g/mol. The molecule has 0 saturated heterocycles. The van der Waals surface area contributed by atoms with Crippen LogP contribution in [0.4, 0.5) is 11.4 Å². The highest BCUT2D eigenvalue weighted by Gasteiger charge is 2.24. The van der Waals surface area contributed by atoms with E-state index in [2.05, 4.69) is 10.3 Å². The molecule has 1 aromatic carbocycles. The monoisotopic (exact) mass is 345 g/mol. The van der Waals surface area contributed by atoms with Crippen LogP contribution < -0.4 is 10.2 Å². The van der Waals surface area contributed by atoms with Crippen molar-refractivity contribution >= 4 is 40.4 Å². The first-order valence-corrected chi connectivity index (χ1v) is 7.86. The van der Waals surface area contributed by atoms with E-state index in [1.165, 1.54) is 13.0 Å². The van der Waals surface area contributed by atoms with Crippen LogP contribution in [0.3, 0.4) is 0 Å². The second kappa shape index (κ2) is 7.01. The molecule has 0 radical (unpaired) electrons. The standard InChI is InChI=1S/C18H20ClN3O2/c1-10-8-13(22(4)5)6-7-14(10)21-15-9-16(20-12(3)23)18(24)11(2)17(15)19/h6-9H,1-5H3,(H,20,23)/b21-15+. The molecule has 0 atom stereocenters. The number of halogens is 1. The molecule has 24 heavy (non-hydrogen) atoms. The van der Waals surface area contributed by atoms with Crippen LogP contribution in [-0.2, 0) is 9.59 Å². The van der Waals surface area contributed by atoms with E-state index in [0.29, 0.717) is 16.3 Å². The van der Waals surface area contributed by atoms with E-state index in [9.17, 15) is 9.59 Å². The number of nitrogens with one attached hydrogen (secondary N) is 1. The first-order chi connectivity index (χ1) is 11.2. The summed E-state index contributed by atoms with van der Waals surface area (Å²) in [6.45, 7) is 4.94. The average Bonchev–Trinajstić information content (AvgIpc) is 2.51. The molecule has 0 saturated carbocycles. The van der Waals surface area contributed by atoms with Gasteiger partial charge in [0.1, 0.15) is 0 Å². The van der Waals surface area contributed by atoms with Crippen molar-refractivity contribution in [3.05, 3.63) is 46.1 Å². The Kier molecular flexibility index (Phi) is 5.24. The average molecular weight is 346 g/mol. The number of carbonyl (C=O) groups is 2. The van der Waals surface area contributed by atoms with Gasteiger partial charge < -0.3 is 10.2 Å². The summed E-state index contributed by atoms with van der Waals surface area (Å²) in [6, 6.07) is 5.89. The van der Waals surface area contributed by atoms with Gasteiger partial charge in [-0.05, 0) is 43.7 Å². The Hall–Kier alpha value is -2.40. The van der Waals surface area contributed by atoms with Crippen molar-refractivity contribution < 1.29 is 9.59 Å². The van der Waals surface area contributed by atoms with Gasteiger partial charge in [0.2, 0.25) is 11.7 Å². The van der Waals surface area contributed by atoms with Crippen molar-refractivity contribution in [1.29, 1.82) is 0 Å². The topological polar surface area (TPSA) is 61.8 Å². The summed E-state index contributed by atoms with van der Waals surface area (Å²) in [5.74, 6) is -0.611. The molecule has 1 aromatic rings. The fourth-order valence-electron chi connectivity index (χ4n) is 2.30. The third-order valence-corrected chi connectivity index (χ3v) is 4.15. The summed E-state index contributed by atoms with van der Waals surface area (Å²) in [5.41, 5.74) is 3.83. The van der Waals surface area contributed by atoms with Crippen LogP contribution in [-0.4, -0.2) is 31.5 Å². The van der Waals surface area contributed by atoms with Crippen LogP contribution in [0.1, 0.15) is 19.4 Å². The zero-order chi connectivity index (χ0) is 18.0. The largest absolute Gasteiger partial charge is 0.378 e. The van der Waals surface area contributed by atoms with E-state index >= 15 is 0 Å². The number of amides is 1. The highest BCUT2D eigenvalue weighted by molar-refractivity contribution is 6.49. The molecule has 0 heterocycles. The maximum atomic E-state index is 12.2. The van der Waals surface area contributed by atoms with E-state index in [-0.39, 0.29) is 17.4 Å². The maximum absolute atomic E-state index is 12.2. The second-order valence-corrected chi connectivity index (χ2v) is 6.25. The molecule has 1 N–H and O–H groups in total. The van der Waals surface area contributed by atoms with Gasteiger partial charge in [-0.25, -0.2) is 4.99 Å². The maximum Gasteiger partial charge on any atom is 0.221 e. The first kappa shape index (κ1) is 17.9. The summed E-state index contributed by atoms with van der Waals surface area (Å²) >= 11 is 6.28. The van der Waals surface area contributed by atoms with Crippen LogP contribution in [0.15, 0.2) is 45.6 Å². The van der Waals surface area contributed by atoms with Crippen molar-refractivity contribution in [3.63, 3.8) is 0 Å². The lowest BCUT2D eigenvalue weighted by molar-refractivity contribution is -0.120. The fourth-order valence-corrected chi connectivity index (χ4v) is 2.48. The number of hydrogen-bond acceptors (Lipinski definition) is 4. The summed E-state index contributed by atoms with van der Waals surface area (Å²) < 4.78 is 0. The molecule has 126 valence electrons. The smallest absolute Gasteiger partial charge is 0.221 e. The van der Waals surface area contributed by atoms with Crippen LogP contribution >= 0.6 is 11.6 Å². The van der Waals surface area contributed by atoms with Crippen LogP contribution in [0.5, 0.6) is 0 Å². The van der Waals surface area contributed by atoms with Crippen molar-refractivity contribution in [2.45, 2.75) is 20.8 Å². The van der Waals surface area contributed by atoms with Gasteiger partial charge in [0.25, 0.3) is 0 Å². The number of aliphatic imine (C=N–C) groups is 1. The number of nitrogens with zero attached hydrogens (tertiary/aromatic N) is 2. The number of ketones is 1. The summed E-state index contributed by atoms with van der Waals surface area (Å²) in [5, 5.41) is 2.83. The molecule has 0 aromatic heterocycles. The highest BCUT2D eigenvalue weighted by atomic mass is 35.5. The summed E-state index contributed by atoms with van der Waals surface area (Å²) in [7, 11) is 3.94. The SMILES string of the molecule is CC(=O)NC1=C/C(=N\c2ccc(N(C)C)cc2C)C(Cl)=C(C)C1=O. The second-order valence-electron chi connectivity index (χ2n) is 5.87. The van der Waals surface area contributed by atoms with E-state index in [1.54, 1.807) is 6.92 Å². The molecule has 0 fully saturated rings. The minimum Gasteiger partial charge on any atom is -0.378 e.